The molecule has 0 bridgehead atoms. The molecule has 2 aromatic rings. The first-order chi connectivity index (χ1) is 9.60. The minimum atomic E-state index is 0.276. The number of ether oxygens (including phenoxy) is 1. The zero-order valence-corrected chi connectivity index (χ0v) is 13.3. The van der Waals surface area contributed by atoms with Crippen molar-refractivity contribution < 1.29 is 4.74 Å². The number of nitrogens with zero attached hydrogens (tertiary/aromatic N) is 3. The second-order valence-corrected chi connectivity index (χ2v) is 5.93. The van der Waals surface area contributed by atoms with Crippen LogP contribution in [0, 0.1) is 0 Å². The summed E-state index contributed by atoms with van der Waals surface area (Å²) in [6.45, 7) is 6.43. The Morgan fingerprint density at radius 2 is 2.20 bits per heavy atom. The molecule has 6 heteroatoms. The van der Waals surface area contributed by atoms with Crippen molar-refractivity contribution in [2.75, 3.05) is 32.6 Å². The summed E-state index contributed by atoms with van der Waals surface area (Å²) in [4.78, 5) is 12.4. The molecule has 0 saturated carbocycles. The summed E-state index contributed by atoms with van der Waals surface area (Å²) >= 11 is 1.65. The molecule has 2 rings (SSSR count). The first-order valence-electron chi connectivity index (χ1n) is 6.82. The maximum absolute atomic E-state index is 5.56. The molecule has 0 atom stereocenters. The van der Waals surface area contributed by atoms with Crippen LogP contribution >= 0.6 is 11.3 Å². The van der Waals surface area contributed by atoms with Crippen molar-refractivity contribution in [3.63, 3.8) is 0 Å². The fourth-order valence-corrected chi connectivity index (χ4v) is 2.71. The van der Waals surface area contributed by atoms with Gasteiger partial charge in [-0.2, -0.15) is 0 Å². The highest BCUT2D eigenvalue weighted by Crippen LogP contribution is 2.24. The average Bonchev–Trinajstić information content (AvgIpc) is 2.85. The van der Waals surface area contributed by atoms with Gasteiger partial charge >= 0.3 is 0 Å². The van der Waals surface area contributed by atoms with Crippen molar-refractivity contribution in [2.24, 2.45) is 0 Å². The van der Waals surface area contributed by atoms with Gasteiger partial charge in [0.2, 0.25) is 0 Å². The van der Waals surface area contributed by atoms with Crippen molar-refractivity contribution in [3.05, 3.63) is 17.3 Å². The number of thiophene rings is 1. The zero-order chi connectivity index (χ0) is 14.5. The fraction of sp³-hybridized carbons (Fsp3) is 0.571. The SMILES string of the molecule is CNc1nc(CN(C)CCOC(C)C)nc2sccc12. The maximum Gasteiger partial charge on any atom is 0.146 e. The predicted octanol–water partition coefficient (Wildman–Crippen LogP) is 2.59. The summed E-state index contributed by atoms with van der Waals surface area (Å²) in [5.74, 6) is 1.74. The van der Waals surface area contributed by atoms with Crippen LogP contribution in [0.1, 0.15) is 19.7 Å². The van der Waals surface area contributed by atoms with Gasteiger partial charge in [-0.1, -0.05) is 0 Å². The highest BCUT2D eigenvalue weighted by molar-refractivity contribution is 7.16. The van der Waals surface area contributed by atoms with Crippen molar-refractivity contribution in [1.82, 2.24) is 14.9 Å². The summed E-state index contributed by atoms with van der Waals surface area (Å²) in [6.07, 6.45) is 0.276. The molecule has 2 aromatic heterocycles. The molecule has 5 nitrogen and oxygen atoms in total. The first kappa shape index (κ1) is 15.2. The van der Waals surface area contributed by atoms with Crippen LogP contribution in [0.15, 0.2) is 11.4 Å². The van der Waals surface area contributed by atoms with E-state index in [-0.39, 0.29) is 6.10 Å². The highest BCUT2D eigenvalue weighted by Gasteiger charge is 2.09. The lowest BCUT2D eigenvalue weighted by atomic mass is 10.3. The van der Waals surface area contributed by atoms with Crippen molar-refractivity contribution >= 4 is 27.4 Å². The van der Waals surface area contributed by atoms with E-state index in [1.807, 2.05) is 26.3 Å². The highest BCUT2D eigenvalue weighted by atomic mass is 32.1. The van der Waals surface area contributed by atoms with Gasteiger partial charge in [-0.05, 0) is 32.3 Å². The molecular weight excluding hydrogens is 272 g/mol. The topological polar surface area (TPSA) is 50.3 Å². The monoisotopic (exact) mass is 294 g/mol. The van der Waals surface area contributed by atoms with Crippen LogP contribution in [0.3, 0.4) is 0 Å². The molecule has 0 spiro atoms. The molecule has 110 valence electrons. The Morgan fingerprint density at radius 3 is 2.90 bits per heavy atom. The summed E-state index contributed by atoms with van der Waals surface area (Å²) in [5, 5.41) is 6.28. The minimum absolute atomic E-state index is 0.276. The standard InChI is InChI=1S/C14H22N4OS/c1-10(2)19-7-6-18(4)9-12-16-13(15-3)11-5-8-20-14(11)17-12/h5,8,10H,6-7,9H2,1-4H3,(H,15,16,17). The molecule has 0 aliphatic rings. The van der Waals surface area contributed by atoms with Gasteiger partial charge in [0.25, 0.3) is 0 Å². The molecule has 0 aliphatic heterocycles. The Balaban J connectivity index is 2.01. The van der Waals surface area contributed by atoms with Crippen LogP contribution in [-0.2, 0) is 11.3 Å². The number of hydrogen-bond acceptors (Lipinski definition) is 6. The lowest BCUT2D eigenvalue weighted by Gasteiger charge is -2.17. The predicted molar refractivity (Wildman–Crippen MR) is 84.4 cm³/mol. The van der Waals surface area contributed by atoms with Gasteiger partial charge in [-0.3, -0.25) is 4.90 Å². The number of rotatable bonds is 7. The lowest BCUT2D eigenvalue weighted by Crippen LogP contribution is -2.25. The first-order valence-corrected chi connectivity index (χ1v) is 7.70. The smallest absolute Gasteiger partial charge is 0.146 e. The normalized spacial score (nSPS) is 11.7. The van der Waals surface area contributed by atoms with E-state index >= 15 is 0 Å². The summed E-state index contributed by atoms with van der Waals surface area (Å²) in [7, 11) is 3.95. The quantitative estimate of drug-likeness (QED) is 0.850. The number of fused-ring (bicyclic) bond motifs is 1. The number of nitrogens with one attached hydrogen (secondary N) is 1. The molecule has 0 radical (unpaired) electrons. The maximum atomic E-state index is 5.56. The van der Waals surface area contributed by atoms with Gasteiger partial charge in [0.15, 0.2) is 0 Å². The Morgan fingerprint density at radius 1 is 1.40 bits per heavy atom. The third kappa shape index (κ3) is 3.88. The molecule has 20 heavy (non-hydrogen) atoms. The Kier molecular flexibility index (Phi) is 5.28. The van der Waals surface area contributed by atoms with E-state index in [0.29, 0.717) is 0 Å². The van der Waals surface area contributed by atoms with E-state index in [4.69, 9.17) is 4.74 Å². The van der Waals surface area contributed by atoms with Crippen molar-refractivity contribution in [2.45, 2.75) is 26.5 Å². The molecule has 0 fully saturated rings. The van der Waals surface area contributed by atoms with Gasteiger partial charge in [0.1, 0.15) is 16.5 Å². The van der Waals surface area contributed by atoms with Crippen molar-refractivity contribution in [3.8, 4) is 0 Å². The second kappa shape index (κ2) is 6.97. The number of aromatic nitrogens is 2. The summed E-state index contributed by atoms with van der Waals surface area (Å²) < 4.78 is 5.56. The molecule has 2 heterocycles. The van der Waals surface area contributed by atoms with Crippen LogP contribution in [0.5, 0.6) is 0 Å². The molecule has 0 saturated heterocycles. The Labute approximate surface area is 124 Å². The van der Waals surface area contributed by atoms with Crippen LogP contribution < -0.4 is 5.32 Å². The van der Waals surface area contributed by atoms with E-state index in [1.165, 1.54) is 0 Å². The van der Waals surface area contributed by atoms with Crippen molar-refractivity contribution in [1.29, 1.82) is 0 Å². The minimum Gasteiger partial charge on any atom is -0.377 e. The Hall–Kier alpha value is -1.24. The lowest BCUT2D eigenvalue weighted by molar-refractivity contribution is 0.0623. The summed E-state index contributed by atoms with van der Waals surface area (Å²) in [5.41, 5.74) is 0. The third-order valence-electron chi connectivity index (χ3n) is 2.94. The van der Waals surface area contributed by atoms with E-state index in [0.717, 1.165) is 41.6 Å². The third-order valence-corrected chi connectivity index (χ3v) is 3.75. The van der Waals surface area contributed by atoms with Gasteiger partial charge in [-0.15, -0.1) is 11.3 Å². The molecule has 0 aromatic carbocycles. The average molecular weight is 294 g/mol. The van der Waals surface area contributed by atoms with Gasteiger partial charge in [-0.25, -0.2) is 9.97 Å². The molecule has 0 unspecified atom stereocenters. The van der Waals surface area contributed by atoms with Gasteiger partial charge in [0, 0.05) is 13.6 Å². The van der Waals surface area contributed by atoms with Crippen LogP contribution in [0.2, 0.25) is 0 Å². The molecule has 1 N–H and O–H groups in total. The number of anilines is 1. The van der Waals surface area contributed by atoms with E-state index in [2.05, 4.69) is 33.3 Å². The van der Waals surface area contributed by atoms with E-state index in [9.17, 15) is 0 Å². The summed E-state index contributed by atoms with van der Waals surface area (Å²) in [6, 6.07) is 2.05. The van der Waals surface area contributed by atoms with Gasteiger partial charge < -0.3 is 10.1 Å². The largest absolute Gasteiger partial charge is 0.377 e. The van der Waals surface area contributed by atoms with Crippen LogP contribution in [-0.4, -0.2) is 48.2 Å². The molecular formula is C14H22N4OS. The van der Waals surface area contributed by atoms with E-state index < -0.39 is 0 Å². The van der Waals surface area contributed by atoms with E-state index in [1.54, 1.807) is 11.3 Å². The zero-order valence-electron chi connectivity index (χ0n) is 12.5. The van der Waals surface area contributed by atoms with Crippen LogP contribution in [0.25, 0.3) is 10.2 Å². The number of likely N-dealkylation sites (N-methyl/N-ethyl adjacent to an activating group) is 1. The second-order valence-electron chi connectivity index (χ2n) is 5.04. The molecule has 0 aliphatic carbocycles. The Bertz CT molecular complexity index is 555. The molecule has 0 amide bonds. The fourth-order valence-electron chi connectivity index (χ4n) is 1.93. The van der Waals surface area contributed by atoms with Gasteiger partial charge in [0.05, 0.1) is 24.6 Å². The van der Waals surface area contributed by atoms with Crippen LogP contribution in [0.4, 0.5) is 5.82 Å². The number of hydrogen-bond donors (Lipinski definition) is 1.